The molecule has 0 N–H and O–H groups in total. The van der Waals surface area contributed by atoms with Crippen LogP contribution in [-0.4, -0.2) is 23.9 Å². The van der Waals surface area contributed by atoms with E-state index in [1.54, 1.807) is 12.1 Å². The molecule has 0 bridgehead atoms. The Kier molecular flexibility index (Phi) is 4.23. The molecule has 1 fully saturated rings. The summed E-state index contributed by atoms with van der Waals surface area (Å²) in [6, 6.07) is 6.75. The summed E-state index contributed by atoms with van der Waals surface area (Å²) in [5.74, 6) is -0.148. The highest BCUT2D eigenvalue weighted by atomic mass is 19.1. The van der Waals surface area contributed by atoms with Crippen molar-refractivity contribution < 1.29 is 9.18 Å². The van der Waals surface area contributed by atoms with Crippen LogP contribution in [0, 0.1) is 5.82 Å². The van der Waals surface area contributed by atoms with Crippen LogP contribution in [-0.2, 0) is 10.2 Å². The van der Waals surface area contributed by atoms with Gasteiger partial charge in [0, 0.05) is 18.7 Å². The average molecular weight is 263 g/mol. The van der Waals surface area contributed by atoms with Gasteiger partial charge in [0.2, 0.25) is 5.91 Å². The minimum atomic E-state index is -0.628. The first-order valence-corrected chi connectivity index (χ1v) is 7.20. The molecule has 0 radical (unpaired) electrons. The number of likely N-dealkylation sites (N-methyl/N-ethyl adjacent to an activating group) is 1. The third-order valence-corrected chi connectivity index (χ3v) is 4.31. The van der Waals surface area contributed by atoms with Crippen LogP contribution < -0.4 is 0 Å². The summed E-state index contributed by atoms with van der Waals surface area (Å²) < 4.78 is 14.1. The average Bonchev–Trinajstić information content (AvgIpc) is 2.91. The molecule has 104 valence electrons. The van der Waals surface area contributed by atoms with Crippen LogP contribution in [0.15, 0.2) is 24.3 Å². The monoisotopic (exact) mass is 263 g/mol. The zero-order chi connectivity index (χ0) is 13.9. The van der Waals surface area contributed by atoms with E-state index < -0.39 is 5.41 Å². The first-order valence-electron chi connectivity index (χ1n) is 7.20. The molecule has 0 saturated heterocycles. The summed E-state index contributed by atoms with van der Waals surface area (Å²) in [6.45, 7) is 5.33. The van der Waals surface area contributed by atoms with E-state index in [1.165, 1.54) is 6.07 Å². The molecule has 1 amide bonds. The number of hydrogen-bond acceptors (Lipinski definition) is 1. The second-order valence-electron chi connectivity index (χ2n) is 5.25. The van der Waals surface area contributed by atoms with Crippen LogP contribution in [0.2, 0.25) is 0 Å². The lowest BCUT2D eigenvalue weighted by molar-refractivity contribution is -0.137. The summed E-state index contributed by atoms with van der Waals surface area (Å²) in [5.41, 5.74) is -0.0402. The molecule has 2 rings (SSSR count). The summed E-state index contributed by atoms with van der Waals surface area (Å²) in [6.07, 6.45) is 3.54. The molecule has 0 aliphatic heterocycles. The van der Waals surface area contributed by atoms with Crippen LogP contribution in [0.3, 0.4) is 0 Å². The SMILES string of the molecule is CCN(CC)C(=O)C1(c2ccccc2F)CCCC1. The topological polar surface area (TPSA) is 20.3 Å². The second-order valence-corrected chi connectivity index (χ2v) is 5.25. The molecule has 1 aromatic carbocycles. The quantitative estimate of drug-likeness (QED) is 0.814. The summed E-state index contributed by atoms with van der Waals surface area (Å²) in [5, 5.41) is 0. The number of rotatable bonds is 4. The highest BCUT2D eigenvalue weighted by Crippen LogP contribution is 2.43. The molecule has 0 heterocycles. The summed E-state index contributed by atoms with van der Waals surface area (Å²) in [7, 11) is 0. The zero-order valence-corrected chi connectivity index (χ0v) is 11.8. The van der Waals surface area contributed by atoms with Crippen molar-refractivity contribution in [3.63, 3.8) is 0 Å². The maximum absolute atomic E-state index is 14.1. The van der Waals surface area contributed by atoms with Crippen molar-refractivity contribution in [2.45, 2.75) is 44.9 Å². The molecular weight excluding hydrogens is 241 g/mol. The van der Waals surface area contributed by atoms with E-state index >= 15 is 0 Å². The third-order valence-electron chi connectivity index (χ3n) is 4.31. The Morgan fingerprint density at radius 2 is 1.79 bits per heavy atom. The van der Waals surface area contributed by atoms with Gasteiger partial charge >= 0.3 is 0 Å². The summed E-state index contributed by atoms with van der Waals surface area (Å²) >= 11 is 0. The Bertz CT molecular complexity index is 448. The lowest BCUT2D eigenvalue weighted by Gasteiger charge is -2.34. The predicted molar refractivity (Wildman–Crippen MR) is 74.5 cm³/mol. The highest BCUT2D eigenvalue weighted by molar-refractivity contribution is 5.88. The van der Waals surface area contributed by atoms with Crippen molar-refractivity contribution in [3.05, 3.63) is 35.6 Å². The largest absolute Gasteiger partial charge is 0.342 e. The van der Waals surface area contributed by atoms with Crippen molar-refractivity contribution in [3.8, 4) is 0 Å². The number of nitrogens with zero attached hydrogens (tertiary/aromatic N) is 1. The minimum absolute atomic E-state index is 0.0973. The first-order chi connectivity index (χ1) is 9.15. The molecular formula is C16H22FNO. The fraction of sp³-hybridized carbons (Fsp3) is 0.562. The molecule has 0 aromatic heterocycles. The number of carbonyl (C=O) groups excluding carboxylic acids is 1. The Balaban J connectivity index is 2.44. The molecule has 3 heteroatoms. The van der Waals surface area contributed by atoms with E-state index in [4.69, 9.17) is 0 Å². The van der Waals surface area contributed by atoms with Gasteiger partial charge in [0.15, 0.2) is 0 Å². The van der Waals surface area contributed by atoms with Crippen molar-refractivity contribution in [2.24, 2.45) is 0 Å². The Morgan fingerprint density at radius 1 is 1.21 bits per heavy atom. The summed E-state index contributed by atoms with van der Waals surface area (Å²) in [4.78, 5) is 14.7. The van der Waals surface area contributed by atoms with Gasteiger partial charge in [-0.25, -0.2) is 4.39 Å². The highest BCUT2D eigenvalue weighted by Gasteiger charge is 2.45. The maximum atomic E-state index is 14.1. The number of hydrogen-bond donors (Lipinski definition) is 0. The van der Waals surface area contributed by atoms with Gasteiger partial charge in [0.05, 0.1) is 5.41 Å². The molecule has 2 nitrogen and oxygen atoms in total. The second kappa shape index (κ2) is 5.72. The van der Waals surface area contributed by atoms with Gasteiger partial charge < -0.3 is 4.90 Å². The van der Waals surface area contributed by atoms with Crippen LogP contribution in [0.5, 0.6) is 0 Å². The molecule has 0 atom stereocenters. The van der Waals surface area contributed by atoms with Crippen LogP contribution in [0.4, 0.5) is 4.39 Å². The standard InChI is InChI=1S/C16H22FNO/c1-3-18(4-2)15(19)16(11-7-8-12-16)13-9-5-6-10-14(13)17/h5-6,9-10H,3-4,7-8,11-12H2,1-2H3. The fourth-order valence-corrected chi connectivity index (χ4v) is 3.24. The van der Waals surface area contributed by atoms with E-state index in [9.17, 15) is 9.18 Å². The van der Waals surface area contributed by atoms with E-state index in [0.717, 1.165) is 25.7 Å². The number of amides is 1. The molecule has 0 unspecified atom stereocenters. The number of halogens is 1. The number of carbonyl (C=O) groups is 1. The fourth-order valence-electron chi connectivity index (χ4n) is 3.24. The van der Waals surface area contributed by atoms with E-state index in [-0.39, 0.29) is 11.7 Å². The smallest absolute Gasteiger partial charge is 0.233 e. The maximum Gasteiger partial charge on any atom is 0.233 e. The van der Waals surface area contributed by atoms with Gasteiger partial charge in [-0.05, 0) is 32.8 Å². The Labute approximate surface area is 114 Å². The van der Waals surface area contributed by atoms with Gasteiger partial charge in [-0.3, -0.25) is 4.79 Å². The van der Waals surface area contributed by atoms with E-state index in [2.05, 4.69) is 0 Å². The van der Waals surface area contributed by atoms with Crippen LogP contribution >= 0.6 is 0 Å². The van der Waals surface area contributed by atoms with Gasteiger partial charge in [-0.15, -0.1) is 0 Å². The van der Waals surface area contributed by atoms with Gasteiger partial charge in [-0.2, -0.15) is 0 Å². The normalized spacial score (nSPS) is 17.4. The van der Waals surface area contributed by atoms with E-state index in [1.807, 2.05) is 24.8 Å². The third kappa shape index (κ3) is 2.38. The Hall–Kier alpha value is -1.38. The lowest BCUT2D eigenvalue weighted by atomic mass is 9.77. The molecule has 1 aliphatic carbocycles. The van der Waals surface area contributed by atoms with Crippen molar-refractivity contribution >= 4 is 5.91 Å². The molecule has 1 saturated carbocycles. The minimum Gasteiger partial charge on any atom is -0.342 e. The van der Waals surface area contributed by atoms with E-state index in [0.29, 0.717) is 18.7 Å². The molecule has 1 aliphatic rings. The van der Waals surface area contributed by atoms with Gasteiger partial charge in [0.25, 0.3) is 0 Å². The van der Waals surface area contributed by atoms with Gasteiger partial charge in [0.1, 0.15) is 5.82 Å². The lowest BCUT2D eigenvalue weighted by Crippen LogP contribution is -2.45. The van der Waals surface area contributed by atoms with Crippen molar-refractivity contribution in [2.75, 3.05) is 13.1 Å². The number of benzene rings is 1. The molecule has 19 heavy (non-hydrogen) atoms. The first kappa shape index (κ1) is 14.0. The van der Waals surface area contributed by atoms with Crippen LogP contribution in [0.1, 0.15) is 45.1 Å². The zero-order valence-electron chi connectivity index (χ0n) is 11.8. The van der Waals surface area contributed by atoms with Crippen molar-refractivity contribution in [1.82, 2.24) is 4.90 Å². The van der Waals surface area contributed by atoms with Crippen LogP contribution in [0.25, 0.3) is 0 Å². The molecule has 0 spiro atoms. The Morgan fingerprint density at radius 3 is 2.32 bits per heavy atom. The van der Waals surface area contributed by atoms with Gasteiger partial charge in [-0.1, -0.05) is 31.0 Å². The van der Waals surface area contributed by atoms with Crippen molar-refractivity contribution in [1.29, 1.82) is 0 Å². The predicted octanol–water partition coefficient (Wildman–Crippen LogP) is 3.51. The molecule has 1 aromatic rings.